The van der Waals surface area contributed by atoms with Gasteiger partial charge in [-0.15, -0.1) is 16.8 Å². The number of carbonyl (C=O) groups is 1. The first-order chi connectivity index (χ1) is 16.5. The molecule has 6 nitrogen and oxygen atoms in total. The van der Waals surface area contributed by atoms with E-state index in [2.05, 4.69) is 50.2 Å². The van der Waals surface area contributed by atoms with Gasteiger partial charge >= 0.3 is 0 Å². The van der Waals surface area contributed by atoms with Crippen molar-refractivity contribution < 1.29 is 9.53 Å². The van der Waals surface area contributed by atoms with E-state index >= 15 is 0 Å². The van der Waals surface area contributed by atoms with Crippen LogP contribution in [0.15, 0.2) is 76.9 Å². The van der Waals surface area contributed by atoms with Gasteiger partial charge in [-0.25, -0.2) is 0 Å². The number of ether oxygens (including phenoxy) is 1. The summed E-state index contributed by atoms with van der Waals surface area (Å²) in [6.07, 6.45) is 1.78. The fourth-order valence-corrected chi connectivity index (χ4v) is 5.18. The Kier molecular flexibility index (Phi) is 7.70. The minimum atomic E-state index is -0.0970. The number of thioether (sulfide) groups is 1. The van der Waals surface area contributed by atoms with Gasteiger partial charge < -0.3 is 10.1 Å². The number of hydrogen-bond acceptors (Lipinski definition) is 5. The summed E-state index contributed by atoms with van der Waals surface area (Å²) >= 11 is 4.82. The third-order valence-electron chi connectivity index (χ3n) is 5.31. The Morgan fingerprint density at radius 1 is 1.15 bits per heavy atom. The second-order valence-corrected chi connectivity index (χ2v) is 9.67. The van der Waals surface area contributed by atoms with Crippen molar-refractivity contribution in [1.82, 2.24) is 14.8 Å². The predicted octanol–water partition coefficient (Wildman–Crippen LogP) is 6.31. The van der Waals surface area contributed by atoms with E-state index in [-0.39, 0.29) is 18.3 Å². The predicted molar refractivity (Wildman–Crippen MR) is 141 cm³/mol. The van der Waals surface area contributed by atoms with Gasteiger partial charge in [0.25, 0.3) is 0 Å². The van der Waals surface area contributed by atoms with Crippen LogP contribution in [0.4, 0.5) is 5.69 Å². The molecule has 1 amide bonds. The molecule has 3 aromatic carbocycles. The second-order valence-electron chi connectivity index (χ2n) is 7.82. The number of nitrogens with zero attached hydrogens (tertiary/aromatic N) is 3. The molecular formula is C26H25BrN4O2S. The summed E-state index contributed by atoms with van der Waals surface area (Å²) in [6.45, 7) is 8.58. The summed E-state index contributed by atoms with van der Waals surface area (Å²) in [6, 6.07) is 18.0. The second kappa shape index (κ2) is 10.9. The van der Waals surface area contributed by atoms with Crippen molar-refractivity contribution in [1.29, 1.82) is 0 Å². The van der Waals surface area contributed by atoms with Crippen LogP contribution in [0.2, 0.25) is 0 Å². The Morgan fingerprint density at radius 2 is 1.88 bits per heavy atom. The maximum absolute atomic E-state index is 12.6. The monoisotopic (exact) mass is 536 g/mol. The molecule has 0 radical (unpaired) electrons. The van der Waals surface area contributed by atoms with Crippen molar-refractivity contribution in [2.45, 2.75) is 32.2 Å². The summed E-state index contributed by atoms with van der Waals surface area (Å²) in [7, 11) is 0. The third kappa shape index (κ3) is 5.51. The minimum Gasteiger partial charge on any atom is -0.485 e. The van der Waals surface area contributed by atoms with Crippen molar-refractivity contribution in [2.24, 2.45) is 0 Å². The highest BCUT2D eigenvalue weighted by molar-refractivity contribution is 9.10. The van der Waals surface area contributed by atoms with Crippen molar-refractivity contribution in [3.05, 3.63) is 88.7 Å². The topological polar surface area (TPSA) is 69.0 Å². The quantitative estimate of drug-likeness (QED) is 0.200. The SMILES string of the molecule is C=CCn1c(COc2cccc3ccccc23)nnc1SCC(=O)Nc1c(C)cc(Br)cc1C. The van der Waals surface area contributed by atoms with Crippen LogP contribution < -0.4 is 10.1 Å². The molecule has 1 heterocycles. The maximum Gasteiger partial charge on any atom is 0.234 e. The molecule has 0 saturated heterocycles. The van der Waals surface area contributed by atoms with Gasteiger partial charge in [0.1, 0.15) is 12.4 Å². The number of hydrogen-bond donors (Lipinski definition) is 1. The number of allylic oxidation sites excluding steroid dienone is 1. The lowest BCUT2D eigenvalue weighted by Crippen LogP contribution is -2.16. The molecule has 1 N–H and O–H groups in total. The highest BCUT2D eigenvalue weighted by Gasteiger charge is 2.16. The van der Waals surface area contributed by atoms with Crippen LogP contribution in [0.5, 0.6) is 5.75 Å². The van der Waals surface area contributed by atoms with E-state index in [1.54, 1.807) is 6.08 Å². The summed E-state index contributed by atoms with van der Waals surface area (Å²) in [5.41, 5.74) is 2.85. The van der Waals surface area contributed by atoms with Gasteiger partial charge in [-0.05, 0) is 48.6 Å². The first kappa shape index (κ1) is 24.0. The first-order valence-electron chi connectivity index (χ1n) is 10.8. The van der Waals surface area contributed by atoms with Crippen molar-refractivity contribution in [3.63, 3.8) is 0 Å². The highest BCUT2D eigenvalue weighted by Crippen LogP contribution is 2.27. The molecule has 4 aromatic rings. The molecule has 34 heavy (non-hydrogen) atoms. The largest absolute Gasteiger partial charge is 0.485 e. The van der Waals surface area contributed by atoms with Crippen LogP contribution in [0.1, 0.15) is 17.0 Å². The van der Waals surface area contributed by atoms with E-state index < -0.39 is 0 Å². The van der Waals surface area contributed by atoms with E-state index in [0.29, 0.717) is 17.5 Å². The fraction of sp³-hybridized carbons (Fsp3) is 0.192. The summed E-state index contributed by atoms with van der Waals surface area (Å²) in [4.78, 5) is 12.6. The normalized spacial score (nSPS) is 10.9. The molecule has 8 heteroatoms. The lowest BCUT2D eigenvalue weighted by molar-refractivity contribution is -0.113. The number of nitrogens with one attached hydrogen (secondary N) is 1. The zero-order chi connectivity index (χ0) is 24.1. The average Bonchev–Trinajstić information content (AvgIpc) is 3.20. The van der Waals surface area contributed by atoms with Crippen LogP contribution in [-0.2, 0) is 17.9 Å². The standard InChI is InChI=1S/C26H25BrN4O2S/c1-4-12-31-23(15-33-22-11-7-9-19-8-5-6-10-21(19)22)29-30-26(31)34-16-24(32)28-25-17(2)13-20(27)14-18(25)3/h4-11,13-14H,1,12,15-16H2,2-3H3,(H,28,32). The molecular weight excluding hydrogens is 512 g/mol. The van der Waals surface area contributed by atoms with E-state index in [0.717, 1.165) is 37.8 Å². The molecule has 0 aliphatic carbocycles. The van der Waals surface area contributed by atoms with Crippen LogP contribution in [-0.4, -0.2) is 26.4 Å². The number of aryl methyl sites for hydroxylation is 2. The molecule has 0 atom stereocenters. The number of halogens is 1. The Balaban J connectivity index is 1.44. The highest BCUT2D eigenvalue weighted by atomic mass is 79.9. The van der Waals surface area contributed by atoms with Gasteiger partial charge in [-0.2, -0.15) is 0 Å². The van der Waals surface area contributed by atoms with E-state index in [1.165, 1.54) is 11.8 Å². The zero-order valence-corrected chi connectivity index (χ0v) is 21.4. The molecule has 0 fully saturated rings. The van der Waals surface area contributed by atoms with Crippen molar-refractivity contribution in [3.8, 4) is 5.75 Å². The van der Waals surface area contributed by atoms with Crippen LogP contribution in [0.3, 0.4) is 0 Å². The van der Waals surface area contributed by atoms with Gasteiger partial charge in [-0.1, -0.05) is 70.2 Å². The van der Waals surface area contributed by atoms with Gasteiger partial charge in [0.2, 0.25) is 5.91 Å². The molecule has 4 rings (SSSR count). The van der Waals surface area contributed by atoms with Gasteiger partial charge in [-0.3, -0.25) is 9.36 Å². The van der Waals surface area contributed by atoms with Crippen molar-refractivity contribution in [2.75, 3.05) is 11.1 Å². The Morgan fingerprint density at radius 3 is 2.65 bits per heavy atom. The van der Waals surface area contributed by atoms with Crippen molar-refractivity contribution >= 4 is 50.1 Å². The van der Waals surface area contributed by atoms with E-state index in [9.17, 15) is 4.79 Å². The summed E-state index contributed by atoms with van der Waals surface area (Å²) in [5.74, 6) is 1.59. The molecule has 1 aromatic heterocycles. The molecule has 0 aliphatic heterocycles. The fourth-order valence-electron chi connectivity index (χ4n) is 3.72. The summed E-state index contributed by atoms with van der Waals surface area (Å²) in [5, 5.41) is 14.4. The number of benzene rings is 3. The number of anilines is 1. The van der Waals surface area contributed by atoms with E-state index in [4.69, 9.17) is 4.74 Å². The number of carbonyl (C=O) groups excluding carboxylic acids is 1. The number of aromatic nitrogens is 3. The Hall–Kier alpha value is -3.10. The third-order valence-corrected chi connectivity index (χ3v) is 6.73. The van der Waals surface area contributed by atoms with Crippen LogP contribution in [0, 0.1) is 13.8 Å². The van der Waals surface area contributed by atoms with Crippen LogP contribution >= 0.6 is 27.7 Å². The minimum absolute atomic E-state index is 0.0970. The lowest BCUT2D eigenvalue weighted by Gasteiger charge is -2.13. The van der Waals surface area contributed by atoms with Gasteiger partial charge in [0.05, 0.1) is 5.75 Å². The smallest absolute Gasteiger partial charge is 0.234 e. The average molecular weight is 537 g/mol. The number of rotatable bonds is 9. The molecule has 0 spiro atoms. The molecule has 174 valence electrons. The molecule has 0 saturated carbocycles. The van der Waals surface area contributed by atoms with E-state index in [1.807, 2.05) is 60.9 Å². The Labute approximate surface area is 211 Å². The number of amides is 1. The van der Waals surface area contributed by atoms with Crippen LogP contribution in [0.25, 0.3) is 10.8 Å². The molecule has 0 unspecified atom stereocenters. The molecule has 0 bridgehead atoms. The Bertz CT molecular complexity index is 1320. The maximum atomic E-state index is 12.6. The zero-order valence-electron chi connectivity index (χ0n) is 19.0. The van der Waals surface area contributed by atoms with Gasteiger partial charge in [0.15, 0.2) is 11.0 Å². The molecule has 0 aliphatic rings. The lowest BCUT2D eigenvalue weighted by atomic mass is 10.1. The number of fused-ring (bicyclic) bond motifs is 1. The summed E-state index contributed by atoms with van der Waals surface area (Å²) < 4.78 is 9.01. The first-order valence-corrected chi connectivity index (χ1v) is 12.6. The van der Waals surface area contributed by atoms with Gasteiger partial charge in [0, 0.05) is 22.1 Å².